The number of rotatable bonds is 7. The van der Waals surface area contributed by atoms with Crippen molar-refractivity contribution in [1.82, 2.24) is 14.4 Å². The summed E-state index contributed by atoms with van der Waals surface area (Å²) >= 11 is 13.9. The first-order valence-electron chi connectivity index (χ1n) is 15.7. The molecule has 5 rings (SSSR count). The van der Waals surface area contributed by atoms with Gasteiger partial charge in [-0.15, -0.1) is 0 Å². The number of fused-ring (bicyclic) bond motifs is 1. The summed E-state index contributed by atoms with van der Waals surface area (Å²) in [5.74, 6) is -0.434. The van der Waals surface area contributed by atoms with Gasteiger partial charge in [-0.05, 0) is 120 Å². The number of ether oxygens (including phenoxy) is 2. The highest BCUT2D eigenvalue weighted by atomic mass is 35.5. The number of carbonyl (C=O) groups excluding carboxylic acids is 3. The first kappa shape index (κ1) is 35.4. The summed E-state index contributed by atoms with van der Waals surface area (Å²) < 4.78 is 15.0. The third-order valence-electron chi connectivity index (χ3n) is 7.32. The van der Waals surface area contributed by atoms with Gasteiger partial charge in [0.2, 0.25) is 0 Å². The van der Waals surface area contributed by atoms with E-state index in [-0.39, 0.29) is 24.5 Å². The minimum Gasteiger partial charge on any atom is -0.459 e. The van der Waals surface area contributed by atoms with Crippen LogP contribution in [-0.4, -0.2) is 76.3 Å². The summed E-state index contributed by atoms with van der Waals surface area (Å²) in [6, 6.07) is 20.7. The van der Waals surface area contributed by atoms with Crippen LogP contribution in [0, 0.1) is 0 Å². The Hall–Kier alpha value is -3.86. The Bertz CT molecular complexity index is 1790. The topological polar surface area (TPSA) is 84.3 Å². The van der Waals surface area contributed by atoms with Crippen LogP contribution in [0.4, 0.5) is 10.5 Å². The van der Waals surface area contributed by atoms with Crippen molar-refractivity contribution in [2.24, 2.45) is 0 Å². The fraction of sp³-hybridized carbons (Fsp3) is 0.361. The molecule has 1 saturated heterocycles. The number of piperazine rings is 1. The van der Waals surface area contributed by atoms with E-state index in [0.717, 1.165) is 27.2 Å². The van der Waals surface area contributed by atoms with E-state index in [1.165, 1.54) is 11.9 Å². The number of esters is 1. The van der Waals surface area contributed by atoms with Crippen LogP contribution in [0.1, 0.15) is 51.9 Å². The van der Waals surface area contributed by atoms with Gasteiger partial charge >= 0.3 is 12.1 Å². The molecule has 0 aliphatic carbocycles. The molecule has 0 radical (unpaired) electrons. The predicted molar refractivity (Wildman–Crippen MR) is 192 cm³/mol. The Morgan fingerprint density at radius 2 is 1.38 bits per heavy atom. The second-order valence-corrected chi connectivity index (χ2v) is 15.5. The molecule has 0 saturated carbocycles. The molecule has 254 valence electrons. The Kier molecular flexibility index (Phi) is 10.6. The van der Waals surface area contributed by atoms with Crippen molar-refractivity contribution in [1.29, 1.82) is 0 Å². The lowest BCUT2D eigenvalue weighted by Crippen LogP contribution is -2.51. The van der Waals surface area contributed by atoms with Crippen molar-refractivity contribution >= 4 is 69.7 Å². The number of benzene rings is 3. The lowest BCUT2D eigenvalue weighted by molar-refractivity contribution is -0.152. The van der Waals surface area contributed by atoms with Crippen molar-refractivity contribution in [2.45, 2.75) is 57.6 Å². The van der Waals surface area contributed by atoms with Gasteiger partial charge in [0.1, 0.15) is 17.7 Å². The summed E-state index contributed by atoms with van der Waals surface area (Å²) in [6.45, 7) is 12.8. The fourth-order valence-electron chi connectivity index (χ4n) is 5.25. The molecule has 1 fully saturated rings. The van der Waals surface area contributed by atoms with Gasteiger partial charge in [0.25, 0.3) is 5.91 Å². The van der Waals surface area contributed by atoms with Crippen LogP contribution < -0.4 is 4.31 Å². The van der Waals surface area contributed by atoms with Gasteiger partial charge in [0.05, 0.1) is 5.52 Å². The van der Waals surface area contributed by atoms with Crippen molar-refractivity contribution < 1.29 is 23.9 Å². The van der Waals surface area contributed by atoms with Crippen LogP contribution in [0.2, 0.25) is 10.0 Å². The largest absolute Gasteiger partial charge is 0.459 e. The smallest absolute Gasteiger partial charge is 0.410 e. The van der Waals surface area contributed by atoms with Gasteiger partial charge in [-0.1, -0.05) is 23.2 Å². The second kappa shape index (κ2) is 14.3. The molecule has 1 aromatic heterocycles. The van der Waals surface area contributed by atoms with Crippen LogP contribution in [0.15, 0.2) is 77.8 Å². The van der Waals surface area contributed by atoms with Gasteiger partial charge in [-0.3, -0.25) is 9.59 Å². The molecular formula is C36H40Cl2N4O5S. The quantitative estimate of drug-likeness (QED) is 0.141. The summed E-state index contributed by atoms with van der Waals surface area (Å²) in [5, 5.41) is 1.97. The molecule has 0 unspecified atom stereocenters. The number of nitrogens with zero attached hydrogens (tertiary/aromatic N) is 4. The third-order valence-corrected chi connectivity index (χ3v) is 8.76. The van der Waals surface area contributed by atoms with Crippen molar-refractivity contribution in [2.75, 3.05) is 37.0 Å². The number of anilines is 1. The highest BCUT2D eigenvalue weighted by Gasteiger charge is 2.28. The summed E-state index contributed by atoms with van der Waals surface area (Å²) in [7, 11) is 0. The monoisotopic (exact) mass is 710 g/mol. The van der Waals surface area contributed by atoms with E-state index in [2.05, 4.69) is 4.57 Å². The SMILES string of the molecule is CC(C)(C)OC(=O)CN(Sc1cc(Cl)cc(Cl)c1)c1ccc2c(ccn2-c2ccc(C(=O)N3CCN(C(=O)OC(C)(C)C)CC3)cc2)c1. The average Bonchev–Trinajstić information content (AvgIpc) is 3.42. The molecule has 2 amide bonds. The maximum atomic E-state index is 13.3. The number of halogens is 2. The van der Waals surface area contributed by atoms with Gasteiger partial charge in [-0.2, -0.15) is 0 Å². The maximum absolute atomic E-state index is 13.3. The first-order chi connectivity index (χ1) is 22.5. The van der Waals surface area contributed by atoms with Crippen LogP contribution in [-0.2, 0) is 14.3 Å². The zero-order valence-electron chi connectivity index (χ0n) is 28.0. The lowest BCUT2D eigenvalue weighted by atomic mass is 10.1. The molecule has 0 bridgehead atoms. The third kappa shape index (κ3) is 9.18. The molecule has 0 N–H and O–H groups in total. The zero-order chi connectivity index (χ0) is 34.8. The van der Waals surface area contributed by atoms with Crippen molar-refractivity contribution in [3.05, 3.63) is 88.5 Å². The van der Waals surface area contributed by atoms with Crippen LogP contribution in [0.3, 0.4) is 0 Å². The Morgan fingerprint density at radius 1 is 0.771 bits per heavy atom. The van der Waals surface area contributed by atoms with E-state index < -0.39 is 11.2 Å². The predicted octanol–water partition coefficient (Wildman–Crippen LogP) is 8.49. The van der Waals surface area contributed by atoms with Crippen molar-refractivity contribution in [3.8, 4) is 5.69 Å². The number of aromatic nitrogens is 1. The van der Waals surface area contributed by atoms with E-state index in [0.29, 0.717) is 41.8 Å². The van der Waals surface area contributed by atoms with Gasteiger partial charge < -0.3 is 28.1 Å². The van der Waals surface area contributed by atoms with Gasteiger partial charge in [0.15, 0.2) is 0 Å². The fourth-order valence-corrected chi connectivity index (χ4v) is 6.91. The van der Waals surface area contributed by atoms with Gasteiger partial charge in [-0.25, -0.2) is 4.79 Å². The van der Waals surface area contributed by atoms with Crippen LogP contribution >= 0.6 is 35.1 Å². The average molecular weight is 712 g/mol. The molecule has 4 aromatic rings. The summed E-state index contributed by atoms with van der Waals surface area (Å²) in [5.41, 5.74) is 2.07. The highest BCUT2D eigenvalue weighted by Crippen LogP contribution is 2.35. The molecular weight excluding hydrogens is 671 g/mol. The molecule has 1 aliphatic heterocycles. The minimum atomic E-state index is -0.620. The number of carbonyl (C=O) groups is 3. The zero-order valence-corrected chi connectivity index (χ0v) is 30.3. The van der Waals surface area contributed by atoms with Crippen LogP contribution in [0.5, 0.6) is 0 Å². The number of hydrogen-bond acceptors (Lipinski definition) is 7. The Balaban J connectivity index is 1.31. The number of amides is 2. The van der Waals surface area contributed by atoms with E-state index in [1.807, 2.05) is 101 Å². The summed E-state index contributed by atoms with van der Waals surface area (Å²) in [4.78, 5) is 42.8. The standard InChI is InChI=1S/C36H40Cl2N4O5S/c1-35(2,3)46-32(43)23-42(48-30-21-26(37)20-27(38)22-30)29-11-12-31-25(19-29)13-14-41(31)28-9-7-24(8-10-28)33(44)39-15-17-40(18-16-39)34(45)47-36(4,5)6/h7-14,19-22H,15-18,23H2,1-6H3. The van der Waals surface area contributed by atoms with E-state index in [1.54, 1.807) is 28.0 Å². The minimum absolute atomic E-state index is 0.00380. The maximum Gasteiger partial charge on any atom is 0.410 e. The highest BCUT2D eigenvalue weighted by molar-refractivity contribution is 8.00. The van der Waals surface area contributed by atoms with Crippen LogP contribution in [0.25, 0.3) is 16.6 Å². The van der Waals surface area contributed by atoms with Crippen molar-refractivity contribution in [3.63, 3.8) is 0 Å². The molecule has 1 aliphatic rings. The van der Waals surface area contributed by atoms with E-state index in [9.17, 15) is 14.4 Å². The molecule has 3 aromatic carbocycles. The summed E-state index contributed by atoms with van der Waals surface area (Å²) in [6.07, 6.45) is 1.62. The number of hydrogen-bond donors (Lipinski definition) is 0. The Labute approximate surface area is 295 Å². The lowest BCUT2D eigenvalue weighted by Gasteiger charge is -2.35. The second-order valence-electron chi connectivity index (χ2n) is 13.6. The molecule has 0 atom stereocenters. The molecule has 12 heteroatoms. The molecule has 48 heavy (non-hydrogen) atoms. The molecule has 0 spiro atoms. The van der Waals surface area contributed by atoms with E-state index in [4.69, 9.17) is 32.7 Å². The van der Waals surface area contributed by atoms with Gasteiger partial charge in [0, 0.05) is 69.6 Å². The Morgan fingerprint density at radius 3 is 1.98 bits per heavy atom. The first-order valence-corrected chi connectivity index (χ1v) is 17.2. The normalized spacial score (nSPS) is 13.8. The molecule has 9 nitrogen and oxygen atoms in total. The molecule has 2 heterocycles. The van der Waals surface area contributed by atoms with E-state index >= 15 is 0 Å².